The maximum absolute atomic E-state index is 6.02. The molecule has 1 heterocycles. The van der Waals surface area contributed by atoms with Crippen molar-refractivity contribution in [3.63, 3.8) is 0 Å². The van der Waals surface area contributed by atoms with Crippen molar-refractivity contribution in [3.05, 3.63) is 22.7 Å². The summed E-state index contributed by atoms with van der Waals surface area (Å²) in [7, 11) is 0. The van der Waals surface area contributed by atoms with Gasteiger partial charge in [-0.2, -0.15) is 0 Å². The third kappa shape index (κ3) is 2.68. The van der Waals surface area contributed by atoms with Crippen LogP contribution in [0.2, 0.25) is 5.02 Å². The first-order valence-corrected chi connectivity index (χ1v) is 6.19. The van der Waals surface area contributed by atoms with Crippen molar-refractivity contribution in [3.8, 4) is 5.75 Å². The number of halogens is 2. The number of ether oxygens (including phenoxy) is 1. The van der Waals surface area contributed by atoms with Crippen LogP contribution in [0, 0.1) is 0 Å². The van der Waals surface area contributed by atoms with Crippen LogP contribution in [0.4, 0.5) is 5.69 Å². The van der Waals surface area contributed by atoms with Crippen molar-refractivity contribution in [2.75, 3.05) is 9.83 Å². The summed E-state index contributed by atoms with van der Waals surface area (Å²) in [5, 5.41) is 0.668. The Kier molecular flexibility index (Phi) is 4.95. The molecule has 1 aliphatic heterocycles. The molecule has 0 atom stereocenters. The smallest absolute Gasteiger partial charge is 0.124 e. The molecule has 84 valence electrons. The van der Waals surface area contributed by atoms with Crippen LogP contribution < -0.4 is 13.8 Å². The molecule has 15 heavy (non-hydrogen) atoms. The fraction of sp³-hybridized carbons (Fsp3) is 0.400. The number of hydrazine groups is 1. The zero-order valence-electron chi connectivity index (χ0n) is 8.76. The summed E-state index contributed by atoms with van der Waals surface area (Å²) in [5.74, 6) is 6.56. The first-order valence-electron chi connectivity index (χ1n) is 4.85. The van der Waals surface area contributed by atoms with Gasteiger partial charge < -0.3 is 4.74 Å². The molecule has 0 unspecified atom stereocenters. The lowest BCUT2D eigenvalue weighted by Gasteiger charge is -2.14. The van der Waals surface area contributed by atoms with Crippen LogP contribution in [0.25, 0.3) is 0 Å². The third-order valence-electron chi connectivity index (χ3n) is 2.01. The summed E-state index contributed by atoms with van der Waals surface area (Å²) >= 11 is 8.02. The second-order valence-electron chi connectivity index (χ2n) is 2.78. The molecule has 0 aliphatic carbocycles. The maximum atomic E-state index is 6.02. The van der Waals surface area contributed by atoms with Gasteiger partial charge >= 0.3 is 0 Å². The highest BCUT2D eigenvalue weighted by molar-refractivity contribution is 14.1. The van der Waals surface area contributed by atoms with Gasteiger partial charge in [0.15, 0.2) is 0 Å². The summed E-state index contributed by atoms with van der Waals surface area (Å²) in [5.41, 5.74) is 1.96. The minimum atomic E-state index is 0.668. The maximum Gasteiger partial charge on any atom is 0.124 e. The third-order valence-corrected chi connectivity index (χ3v) is 2.80. The van der Waals surface area contributed by atoms with Crippen LogP contribution in [-0.2, 0) is 6.42 Å². The average Bonchev–Trinajstić information content (AvgIpc) is 2.67. The molecule has 0 spiro atoms. The largest absolute Gasteiger partial charge is 0.493 e. The molecule has 0 aromatic heterocycles. The number of benzene rings is 1. The highest BCUT2D eigenvalue weighted by Crippen LogP contribution is 2.39. The Morgan fingerprint density at radius 1 is 1.47 bits per heavy atom. The molecule has 1 aromatic rings. The summed E-state index contributed by atoms with van der Waals surface area (Å²) in [4.78, 5) is 0. The van der Waals surface area contributed by atoms with Crippen molar-refractivity contribution >= 4 is 40.2 Å². The minimum absolute atomic E-state index is 0.668. The molecule has 2 rings (SSSR count). The van der Waals surface area contributed by atoms with E-state index in [0.29, 0.717) is 11.6 Å². The van der Waals surface area contributed by atoms with Gasteiger partial charge in [0.25, 0.3) is 0 Å². The van der Waals surface area contributed by atoms with E-state index in [2.05, 4.69) is 0 Å². The quantitative estimate of drug-likeness (QED) is 0.369. The molecule has 0 saturated carbocycles. The topological polar surface area (TPSA) is 38.5 Å². The van der Waals surface area contributed by atoms with Crippen molar-refractivity contribution in [2.45, 2.75) is 20.3 Å². The molecule has 0 radical (unpaired) electrons. The van der Waals surface area contributed by atoms with E-state index >= 15 is 0 Å². The highest BCUT2D eigenvalue weighted by atomic mass is 127. The minimum Gasteiger partial charge on any atom is -0.493 e. The van der Waals surface area contributed by atoms with Gasteiger partial charge in [0, 0.05) is 12.0 Å². The zero-order chi connectivity index (χ0) is 11.4. The fourth-order valence-corrected chi connectivity index (χ4v) is 2.42. The van der Waals surface area contributed by atoms with Crippen molar-refractivity contribution in [1.29, 1.82) is 0 Å². The van der Waals surface area contributed by atoms with E-state index in [1.165, 1.54) is 3.22 Å². The normalized spacial score (nSPS) is 12.3. The van der Waals surface area contributed by atoms with Gasteiger partial charge in [-0.25, -0.2) is 9.06 Å². The van der Waals surface area contributed by atoms with E-state index in [-0.39, 0.29) is 0 Å². The van der Waals surface area contributed by atoms with Crippen LogP contribution in [-0.4, -0.2) is 6.61 Å². The Bertz CT molecular complexity index is 344. The number of rotatable bonds is 1. The van der Waals surface area contributed by atoms with Gasteiger partial charge in [0.05, 0.1) is 40.2 Å². The number of anilines is 1. The predicted molar refractivity (Wildman–Crippen MR) is 72.7 cm³/mol. The number of fused-ring (bicyclic) bond motifs is 1. The lowest BCUT2D eigenvalue weighted by Crippen LogP contribution is -2.19. The highest BCUT2D eigenvalue weighted by Gasteiger charge is 2.20. The Hall–Kier alpha value is -0.200. The van der Waals surface area contributed by atoms with Gasteiger partial charge in [-0.1, -0.05) is 25.4 Å². The number of nitrogens with zero attached hydrogens (tertiary/aromatic N) is 1. The summed E-state index contributed by atoms with van der Waals surface area (Å²) in [6.45, 7) is 4.72. The van der Waals surface area contributed by atoms with Gasteiger partial charge in [-0.05, 0) is 12.1 Å². The lowest BCUT2D eigenvalue weighted by atomic mass is 10.1. The Labute approximate surface area is 109 Å². The van der Waals surface area contributed by atoms with Crippen LogP contribution >= 0.6 is 34.5 Å². The monoisotopic (exact) mass is 340 g/mol. The molecule has 5 heteroatoms. The van der Waals surface area contributed by atoms with Gasteiger partial charge in [0.2, 0.25) is 0 Å². The summed E-state index contributed by atoms with van der Waals surface area (Å²) < 4.78 is 6.91. The molecule has 2 N–H and O–H groups in total. The van der Waals surface area contributed by atoms with Crippen LogP contribution in [0.1, 0.15) is 19.4 Å². The van der Waals surface area contributed by atoms with Crippen LogP contribution in [0.3, 0.4) is 0 Å². The van der Waals surface area contributed by atoms with E-state index in [1.54, 1.807) is 6.07 Å². The SMILES string of the molecule is CC.NN(I)c1c(Cl)ccc2c1CCO2. The van der Waals surface area contributed by atoms with Crippen LogP contribution in [0.5, 0.6) is 5.75 Å². The second-order valence-corrected chi connectivity index (χ2v) is 4.23. The number of nitrogens with two attached hydrogens (primary N) is 1. The van der Waals surface area contributed by atoms with Crippen LogP contribution in [0.15, 0.2) is 12.1 Å². The van der Waals surface area contributed by atoms with Gasteiger partial charge in [0.1, 0.15) is 5.75 Å². The van der Waals surface area contributed by atoms with E-state index in [1.807, 2.05) is 42.8 Å². The van der Waals surface area contributed by atoms with Crippen molar-refractivity contribution < 1.29 is 4.74 Å². The molecule has 0 bridgehead atoms. The van der Waals surface area contributed by atoms with E-state index in [4.69, 9.17) is 22.2 Å². The number of hydrogen-bond donors (Lipinski definition) is 1. The average molecular weight is 341 g/mol. The second kappa shape index (κ2) is 5.77. The predicted octanol–water partition coefficient (Wildman–Crippen LogP) is 3.33. The molecule has 3 nitrogen and oxygen atoms in total. The first kappa shape index (κ1) is 12.9. The molecule has 0 amide bonds. The van der Waals surface area contributed by atoms with Gasteiger partial charge in [-0.15, -0.1) is 0 Å². The molecular weight excluding hydrogens is 326 g/mol. The Balaban J connectivity index is 0.000000531. The molecular formula is C10H14ClIN2O. The molecule has 1 aliphatic rings. The van der Waals surface area contributed by atoms with E-state index in [0.717, 1.165) is 23.4 Å². The van der Waals surface area contributed by atoms with Gasteiger partial charge in [-0.3, -0.25) is 0 Å². The molecule has 0 saturated heterocycles. The molecule has 1 aromatic carbocycles. The van der Waals surface area contributed by atoms with Crippen molar-refractivity contribution in [2.24, 2.45) is 5.84 Å². The van der Waals surface area contributed by atoms with Crippen molar-refractivity contribution in [1.82, 2.24) is 0 Å². The summed E-state index contributed by atoms with van der Waals surface area (Å²) in [6.07, 6.45) is 0.877. The van der Waals surface area contributed by atoms with E-state index < -0.39 is 0 Å². The fourth-order valence-electron chi connectivity index (χ4n) is 1.46. The number of hydrogen-bond acceptors (Lipinski definition) is 3. The lowest BCUT2D eigenvalue weighted by molar-refractivity contribution is 0.357. The standard InChI is InChI=1S/C8H8ClIN2O.C2H6/c9-6-1-2-7-5(3-4-13-7)8(6)12(10)11;1-2/h1-2H,3-4,11H2;1-2H3. The Morgan fingerprint density at radius 3 is 2.73 bits per heavy atom. The summed E-state index contributed by atoms with van der Waals surface area (Å²) in [6, 6.07) is 3.69. The zero-order valence-corrected chi connectivity index (χ0v) is 11.7. The Morgan fingerprint density at radius 2 is 2.13 bits per heavy atom. The van der Waals surface area contributed by atoms with E-state index in [9.17, 15) is 0 Å². The first-order chi connectivity index (χ1) is 7.20. The molecule has 0 fully saturated rings.